The molecule has 1 aliphatic heterocycles. The lowest BCUT2D eigenvalue weighted by Gasteiger charge is -2.37. The van der Waals surface area contributed by atoms with E-state index in [1.807, 2.05) is 59.5 Å². The molecule has 1 unspecified atom stereocenters. The van der Waals surface area contributed by atoms with Gasteiger partial charge < -0.3 is 9.84 Å². The molecule has 1 aliphatic rings. The Hall–Kier alpha value is -3.03. The number of carboxylic acid groups (broad SMARTS) is 1. The van der Waals surface area contributed by atoms with E-state index in [0.29, 0.717) is 43.9 Å². The van der Waals surface area contributed by atoms with Gasteiger partial charge in [0.05, 0.1) is 22.5 Å². The first-order valence-electron chi connectivity index (χ1n) is 11.3. The zero-order chi connectivity index (χ0) is 25.0. The number of piperidine rings is 1. The molecule has 3 aromatic carbocycles. The molecular weight excluding hydrogens is 479 g/mol. The summed E-state index contributed by atoms with van der Waals surface area (Å²) in [6.45, 7) is 1.25. The highest BCUT2D eigenvalue weighted by Gasteiger charge is 2.36. The molecule has 4 nitrogen and oxygen atoms in total. The van der Waals surface area contributed by atoms with Crippen LogP contribution in [0, 0.1) is 5.92 Å². The number of benzene rings is 3. The van der Waals surface area contributed by atoms with E-state index in [-0.39, 0.29) is 5.02 Å². The first-order chi connectivity index (χ1) is 16.7. The van der Waals surface area contributed by atoms with E-state index in [1.165, 1.54) is 6.07 Å². The molecule has 1 fully saturated rings. The fourth-order valence-corrected chi connectivity index (χ4v) is 4.69. The van der Waals surface area contributed by atoms with E-state index < -0.39 is 29.7 Å². The molecule has 3 aromatic rings. The molecule has 1 N–H and O–H groups in total. The molecule has 1 saturated heterocycles. The monoisotopic (exact) mass is 503 g/mol. The number of carboxylic acids is 1. The Labute approximate surface area is 206 Å². The van der Waals surface area contributed by atoms with Crippen LogP contribution in [0.4, 0.5) is 13.2 Å². The lowest BCUT2D eigenvalue weighted by atomic mass is 9.90. The molecule has 184 valence electrons. The third-order valence-electron chi connectivity index (χ3n) is 6.28. The predicted molar refractivity (Wildman–Crippen MR) is 127 cm³/mol. The van der Waals surface area contributed by atoms with Crippen molar-refractivity contribution in [2.75, 3.05) is 13.1 Å². The maximum Gasteiger partial charge on any atom is 0.417 e. The van der Waals surface area contributed by atoms with Crippen LogP contribution in [0.3, 0.4) is 0 Å². The Morgan fingerprint density at radius 2 is 1.69 bits per heavy atom. The summed E-state index contributed by atoms with van der Waals surface area (Å²) >= 11 is 5.88. The third kappa shape index (κ3) is 6.16. The number of nitrogens with zero attached hydrogens (tertiary/aromatic N) is 1. The van der Waals surface area contributed by atoms with Crippen LogP contribution in [0.25, 0.3) is 0 Å². The summed E-state index contributed by atoms with van der Waals surface area (Å²) in [7, 11) is 0. The van der Waals surface area contributed by atoms with Crippen LogP contribution in [0.15, 0.2) is 72.8 Å². The predicted octanol–water partition coefficient (Wildman–Crippen LogP) is 6.82. The highest BCUT2D eigenvalue weighted by Crippen LogP contribution is 2.40. The Balaban J connectivity index is 1.67. The zero-order valence-corrected chi connectivity index (χ0v) is 19.6. The van der Waals surface area contributed by atoms with Gasteiger partial charge in [0.2, 0.25) is 0 Å². The van der Waals surface area contributed by atoms with Gasteiger partial charge in [-0.1, -0.05) is 60.1 Å². The van der Waals surface area contributed by atoms with Crippen LogP contribution in [0.1, 0.15) is 41.1 Å². The SMILES string of the molecule is O=C(O)C1CCN(C(c2cccc(OCc3ccccc3)c2)c2ccc(Cl)c(C(F)(F)F)c2)CC1. The van der Waals surface area contributed by atoms with Gasteiger partial charge in [-0.25, -0.2) is 0 Å². The topological polar surface area (TPSA) is 49.8 Å². The molecule has 0 aromatic heterocycles. The van der Waals surface area contributed by atoms with Crippen molar-refractivity contribution in [1.29, 1.82) is 0 Å². The smallest absolute Gasteiger partial charge is 0.417 e. The number of carbonyl (C=O) groups is 1. The van der Waals surface area contributed by atoms with Crippen LogP contribution in [-0.4, -0.2) is 29.1 Å². The summed E-state index contributed by atoms with van der Waals surface area (Å²) in [4.78, 5) is 13.4. The summed E-state index contributed by atoms with van der Waals surface area (Å²) in [5, 5.41) is 9.01. The maximum absolute atomic E-state index is 13.6. The number of hydrogen-bond acceptors (Lipinski definition) is 3. The van der Waals surface area contributed by atoms with Gasteiger partial charge in [0, 0.05) is 0 Å². The standard InChI is InChI=1S/C27H25ClF3NO3/c28-24-10-9-21(16-23(24)27(29,30)31)25(32-13-11-19(12-14-32)26(33)34)20-7-4-8-22(15-20)35-17-18-5-2-1-3-6-18/h1-10,15-16,19,25H,11-14,17H2,(H,33,34). The minimum Gasteiger partial charge on any atom is -0.489 e. The number of rotatable bonds is 7. The van der Waals surface area contributed by atoms with E-state index in [4.69, 9.17) is 16.3 Å². The van der Waals surface area contributed by atoms with Gasteiger partial charge >= 0.3 is 12.1 Å². The number of halogens is 4. The van der Waals surface area contributed by atoms with E-state index in [9.17, 15) is 23.1 Å². The van der Waals surface area contributed by atoms with Gasteiger partial charge in [-0.05, 0) is 66.9 Å². The molecular formula is C27H25ClF3NO3. The van der Waals surface area contributed by atoms with Crippen molar-refractivity contribution in [1.82, 2.24) is 4.90 Å². The second-order valence-electron chi connectivity index (χ2n) is 8.63. The van der Waals surface area contributed by atoms with E-state index >= 15 is 0 Å². The normalized spacial score (nSPS) is 16.1. The average molecular weight is 504 g/mol. The summed E-state index contributed by atoms with van der Waals surface area (Å²) in [6, 6.07) is 20.4. The number of likely N-dealkylation sites (tertiary alicyclic amines) is 1. The van der Waals surface area contributed by atoms with Gasteiger partial charge in [0.1, 0.15) is 12.4 Å². The van der Waals surface area contributed by atoms with E-state index in [0.717, 1.165) is 17.2 Å². The molecule has 0 spiro atoms. The van der Waals surface area contributed by atoms with Gasteiger partial charge in [-0.3, -0.25) is 9.69 Å². The van der Waals surface area contributed by atoms with E-state index in [1.54, 1.807) is 6.07 Å². The molecule has 0 saturated carbocycles. The van der Waals surface area contributed by atoms with Crippen LogP contribution >= 0.6 is 11.6 Å². The lowest BCUT2D eigenvalue weighted by Crippen LogP contribution is -2.39. The largest absolute Gasteiger partial charge is 0.489 e. The second-order valence-corrected chi connectivity index (χ2v) is 9.04. The number of ether oxygens (including phenoxy) is 1. The summed E-state index contributed by atoms with van der Waals surface area (Å²) < 4.78 is 46.8. The van der Waals surface area contributed by atoms with Gasteiger partial charge in [-0.2, -0.15) is 13.2 Å². The minimum atomic E-state index is -4.59. The molecule has 0 amide bonds. The molecule has 35 heavy (non-hydrogen) atoms. The first kappa shape index (κ1) is 25.1. The van der Waals surface area contributed by atoms with Crippen molar-refractivity contribution in [3.8, 4) is 5.75 Å². The second kappa shape index (κ2) is 10.7. The fraction of sp³-hybridized carbons (Fsp3) is 0.296. The van der Waals surface area contributed by atoms with Crippen molar-refractivity contribution in [3.05, 3.63) is 100 Å². The molecule has 4 rings (SSSR count). The number of hydrogen-bond donors (Lipinski definition) is 1. The molecule has 1 heterocycles. The van der Waals surface area contributed by atoms with Crippen molar-refractivity contribution >= 4 is 17.6 Å². The van der Waals surface area contributed by atoms with Crippen LogP contribution in [-0.2, 0) is 17.6 Å². The summed E-state index contributed by atoms with van der Waals surface area (Å²) in [5.41, 5.74) is 1.31. The number of alkyl halides is 3. The third-order valence-corrected chi connectivity index (χ3v) is 6.61. The molecule has 8 heteroatoms. The highest BCUT2D eigenvalue weighted by atomic mass is 35.5. The first-order valence-corrected chi connectivity index (χ1v) is 11.7. The summed E-state index contributed by atoms with van der Waals surface area (Å²) in [5.74, 6) is -0.700. The average Bonchev–Trinajstić information content (AvgIpc) is 2.84. The molecule has 0 aliphatic carbocycles. The summed E-state index contributed by atoms with van der Waals surface area (Å²) in [6.07, 6.45) is -3.74. The molecule has 1 atom stereocenters. The van der Waals surface area contributed by atoms with Crippen molar-refractivity contribution in [2.45, 2.75) is 31.7 Å². The van der Waals surface area contributed by atoms with Gasteiger partial charge in [0.25, 0.3) is 0 Å². The van der Waals surface area contributed by atoms with Crippen LogP contribution < -0.4 is 4.74 Å². The molecule has 0 radical (unpaired) electrons. The van der Waals surface area contributed by atoms with E-state index in [2.05, 4.69) is 0 Å². The zero-order valence-electron chi connectivity index (χ0n) is 18.8. The highest BCUT2D eigenvalue weighted by molar-refractivity contribution is 6.31. The quantitative estimate of drug-likeness (QED) is 0.384. The van der Waals surface area contributed by atoms with Crippen molar-refractivity contribution < 1.29 is 27.8 Å². The Bertz CT molecular complexity index is 1160. The fourth-order valence-electron chi connectivity index (χ4n) is 4.46. The lowest BCUT2D eigenvalue weighted by molar-refractivity contribution is -0.143. The van der Waals surface area contributed by atoms with Crippen molar-refractivity contribution in [2.24, 2.45) is 5.92 Å². The van der Waals surface area contributed by atoms with Crippen LogP contribution in [0.2, 0.25) is 5.02 Å². The van der Waals surface area contributed by atoms with Crippen molar-refractivity contribution in [3.63, 3.8) is 0 Å². The minimum absolute atomic E-state index is 0.357. The van der Waals surface area contributed by atoms with Gasteiger partial charge in [0.15, 0.2) is 0 Å². The Morgan fingerprint density at radius 1 is 1.00 bits per heavy atom. The Kier molecular flexibility index (Phi) is 7.67. The van der Waals surface area contributed by atoms with Gasteiger partial charge in [-0.15, -0.1) is 0 Å². The van der Waals surface area contributed by atoms with Crippen LogP contribution in [0.5, 0.6) is 5.75 Å². The Morgan fingerprint density at radius 3 is 2.34 bits per heavy atom. The number of aliphatic carboxylic acids is 1. The molecule has 0 bridgehead atoms. The maximum atomic E-state index is 13.6.